The molecule has 130 valence electrons. The summed E-state index contributed by atoms with van der Waals surface area (Å²) in [5, 5.41) is 19.7. The maximum atomic E-state index is 12.0. The lowest BCUT2D eigenvalue weighted by atomic mass is 9.99. The van der Waals surface area contributed by atoms with E-state index in [0.29, 0.717) is 12.3 Å². The first kappa shape index (κ1) is 18.4. The minimum atomic E-state index is -1.09. The van der Waals surface area contributed by atoms with Crippen LogP contribution in [0.5, 0.6) is 0 Å². The van der Waals surface area contributed by atoms with Crippen LogP contribution in [0.15, 0.2) is 41.1 Å². The number of amides is 2. The van der Waals surface area contributed by atoms with E-state index in [2.05, 4.69) is 10.6 Å². The second-order valence-corrected chi connectivity index (χ2v) is 6.93. The molecular formula is C18H24N2O3S. The molecule has 2 aromatic rings. The quantitative estimate of drug-likeness (QED) is 0.714. The minimum Gasteiger partial charge on any atom is -0.384 e. The number of anilines is 1. The number of ether oxygens (including phenoxy) is 1. The first-order valence-corrected chi connectivity index (χ1v) is 8.81. The van der Waals surface area contributed by atoms with E-state index in [1.54, 1.807) is 6.92 Å². The van der Waals surface area contributed by atoms with Gasteiger partial charge in [-0.25, -0.2) is 4.79 Å². The average molecular weight is 348 g/mol. The van der Waals surface area contributed by atoms with Crippen molar-refractivity contribution in [2.24, 2.45) is 0 Å². The summed E-state index contributed by atoms with van der Waals surface area (Å²) in [6, 6.07) is 9.01. The van der Waals surface area contributed by atoms with Crippen molar-refractivity contribution in [3.05, 3.63) is 52.2 Å². The Bertz CT molecular complexity index is 654. The van der Waals surface area contributed by atoms with Gasteiger partial charge in [-0.05, 0) is 60.9 Å². The van der Waals surface area contributed by atoms with E-state index in [4.69, 9.17) is 4.74 Å². The third-order valence-electron chi connectivity index (χ3n) is 3.50. The van der Waals surface area contributed by atoms with E-state index in [0.717, 1.165) is 11.1 Å². The van der Waals surface area contributed by atoms with Crippen LogP contribution >= 0.6 is 11.3 Å². The van der Waals surface area contributed by atoms with Gasteiger partial charge in [-0.3, -0.25) is 0 Å². The predicted molar refractivity (Wildman–Crippen MR) is 97.3 cm³/mol. The van der Waals surface area contributed by atoms with Gasteiger partial charge in [-0.1, -0.05) is 12.1 Å². The molecule has 0 bridgehead atoms. The third kappa shape index (κ3) is 5.63. The van der Waals surface area contributed by atoms with E-state index in [1.807, 2.05) is 54.9 Å². The summed E-state index contributed by atoms with van der Waals surface area (Å²) in [6.07, 6.45) is 0.157. The van der Waals surface area contributed by atoms with Gasteiger partial charge < -0.3 is 20.5 Å². The van der Waals surface area contributed by atoms with Crippen molar-refractivity contribution in [2.75, 3.05) is 11.9 Å². The maximum absolute atomic E-state index is 12.0. The highest BCUT2D eigenvalue weighted by Gasteiger charge is 2.24. The summed E-state index contributed by atoms with van der Waals surface area (Å²) in [5.41, 5.74) is 1.38. The Labute approximate surface area is 146 Å². The van der Waals surface area contributed by atoms with Gasteiger partial charge in [0.1, 0.15) is 5.60 Å². The second kappa shape index (κ2) is 8.28. The molecule has 6 heteroatoms. The molecule has 0 aliphatic carbocycles. The van der Waals surface area contributed by atoms with Gasteiger partial charge in [0.2, 0.25) is 0 Å². The van der Waals surface area contributed by atoms with Crippen LogP contribution in [0.3, 0.4) is 0 Å². The topological polar surface area (TPSA) is 70.6 Å². The van der Waals surface area contributed by atoms with Gasteiger partial charge in [-0.2, -0.15) is 11.3 Å². The average Bonchev–Trinajstić information content (AvgIpc) is 3.07. The van der Waals surface area contributed by atoms with E-state index in [9.17, 15) is 9.90 Å². The monoisotopic (exact) mass is 348 g/mol. The van der Waals surface area contributed by atoms with E-state index in [-0.39, 0.29) is 18.7 Å². The largest absolute Gasteiger partial charge is 0.384 e. The number of carbonyl (C=O) groups is 1. The molecule has 5 nitrogen and oxygen atoms in total. The van der Waals surface area contributed by atoms with Gasteiger partial charge in [-0.15, -0.1) is 0 Å². The highest BCUT2D eigenvalue weighted by molar-refractivity contribution is 7.08. The van der Waals surface area contributed by atoms with Crippen LogP contribution in [0, 0.1) is 0 Å². The SMILES string of the molecule is CC(C)OCc1cccc(NC(=O)NC[C@@](C)(O)c2ccsc2)c1. The molecule has 0 fully saturated rings. The van der Waals surface area contributed by atoms with Crippen LogP contribution in [0.25, 0.3) is 0 Å². The lowest BCUT2D eigenvalue weighted by Crippen LogP contribution is -2.40. The zero-order chi connectivity index (χ0) is 17.6. The fourth-order valence-electron chi connectivity index (χ4n) is 2.10. The van der Waals surface area contributed by atoms with Crippen molar-refractivity contribution in [1.82, 2.24) is 5.32 Å². The summed E-state index contributed by atoms with van der Waals surface area (Å²) in [6.45, 7) is 6.27. The first-order valence-electron chi connectivity index (χ1n) is 7.87. The number of urea groups is 1. The van der Waals surface area contributed by atoms with Crippen LogP contribution in [0.2, 0.25) is 0 Å². The lowest BCUT2D eigenvalue weighted by Gasteiger charge is -2.23. The molecule has 24 heavy (non-hydrogen) atoms. The lowest BCUT2D eigenvalue weighted by molar-refractivity contribution is 0.0604. The molecule has 2 rings (SSSR count). The second-order valence-electron chi connectivity index (χ2n) is 6.15. The highest BCUT2D eigenvalue weighted by Crippen LogP contribution is 2.22. The molecule has 0 spiro atoms. The number of hydrogen-bond donors (Lipinski definition) is 3. The Morgan fingerprint density at radius 3 is 2.83 bits per heavy atom. The minimum absolute atomic E-state index is 0.131. The molecule has 3 N–H and O–H groups in total. The summed E-state index contributed by atoms with van der Waals surface area (Å²) in [5.74, 6) is 0. The predicted octanol–water partition coefficient (Wildman–Crippen LogP) is 3.70. The van der Waals surface area contributed by atoms with Crippen LogP contribution in [-0.4, -0.2) is 23.8 Å². The van der Waals surface area contributed by atoms with Crippen LogP contribution in [0.1, 0.15) is 31.9 Å². The normalized spacial score (nSPS) is 13.5. The van der Waals surface area contributed by atoms with Crippen LogP contribution in [0.4, 0.5) is 10.5 Å². The maximum Gasteiger partial charge on any atom is 0.319 e. The van der Waals surface area contributed by atoms with Crippen molar-refractivity contribution in [2.45, 2.75) is 39.1 Å². The van der Waals surface area contributed by atoms with E-state index >= 15 is 0 Å². The van der Waals surface area contributed by atoms with Gasteiger partial charge in [0.05, 0.1) is 19.3 Å². The standard InChI is InChI=1S/C18H24N2O3S/c1-13(2)23-10-14-5-4-6-16(9-14)20-17(21)19-12-18(3,22)15-7-8-24-11-15/h4-9,11,13,22H,10,12H2,1-3H3,(H2,19,20,21)/t18-/m1/s1. The van der Waals surface area contributed by atoms with Crippen molar-refractivity contribution < 1.29 is 14.6 Å². The molecular weight excluding hydrogens is 324 g/mol. The number of carbonyl (C=O) groups excluding carboxylic acids is 1. The molecule has 0 saturated heterocycles. The molecule has 1 atom stereocenters. The summed E-state index contributed by atoms with van der Waals surface area (Å²) in [7, 11) is 0. The molecule has 0 aliphatic heterocycles. The molecule has 0 saturated carbocycles. The first-order chi connectivity index (χ1) is 11.4. The molecule has 1 heterocycles. The highest BCUT2D eigenvalue weighted by atomic mass is 32.1. The zero-order valence-electron chi connectivity index (χ0n) is 14.2. The Morgan fingerprint density at radius 2 is 2.17 bits per heavy atom. The Hall–Kier alpha value is -1.89. The van der Waals surface area contributed by atoms with Gasteiger partial charge >= 0.3 is 6.03 Å². The van der Waals surface area contributed by atoms with Crippen molar-refractivity contribution in [3.63, 3.8) is 0 Å². The van der Waals surface area contributed by atoms with Gasteiger partial charge in [0, 0.05) is 5.69 Å². The van der Waals surface area contributed by atoms with Crippen molar-refractivity contribution >= 4 is 23.1 Å². The number of nitrogens with one attached hydrogen (secondary N) is 2. The van der Waals surface area contributed by atoms with Crippen LogP contribution in [-0.2, 0) is 16.9 Å². The summed E-state index contributed by atoms with van der Waals surface area (Å²) < 4.78 is 5.56. The Kier molecular flexibility index (Phi) is 6.36. The number of thiophene rings is 1. The Morgan fingerprint density at radius 1 is 1.38 bits per heavy atom. The number of hydrogen-bond acceptors (Lipinski definition) is 4. The van der Waals surface area contributed by atoms with Crippen molar-refractivity contribution in [3.8, 4) is 0 Å². The van der Waals surface area contributed by atoms with Crippen LogP contribution < -0.4 is 10.6 Å². The van der Waals surface area contributed by atoms with Gasteiger partial charge in [0.15, 0.2) is 0 Å². The third-order valence-corrected chi connectivity index (χ3v) is 4.19. The summed E-state index contributed by atoms with van der Waals surface area (Å²) >= 11 is 1.51. The van der Waals surface area contributed by atoms with Crippen molar-refractivity contribution in [1.29, 1.82) is 0 Å². The zero-order valence-corrected chi connectivity index (χ0v) is 15.0. The molecule has 1 aromatic carbocycles. The summed E-state index contributed by atoms with van der Waals surface area (Å²) in [4.78, 5) is 12.0. The molecule has 1 aromatic heterocycles. The fraction of sp³-hybridized carbons (Fsp3) is 0.389. The smallest absolute Gasteiger partial charge is 0.319 e. The molecule has 0 unspecified atom stereocenters. The molecule has 0 radical (unpaired) electrons. The Balaban J connectivity index is 1.87. The molecule has 0 aliphatic rings. The number of benzene rings is 1. The van der Waals surface area contributed by atoms with Gasteiger partial charge in [0.25, 0.3) is 0 Å². The van der Waals surface area contributed by atoms with E-state index < -0.39 is 5.60 Å². The number of aliphatic hydroxyl groups is 1. The number of rotatable bonds is 7. The molecule has 2 amide bonds. The van der Waals surface area contributed by atoms with E-state index in [1.165, 1.54) is 11.3 Å². The fourth-order valence-corrected chi connectivity index (χ4v) is 2.89.